The third-order valence-corrected chi connectivity index (χ3v) is 7.55. The summed E-state index contributed by atoms with van der Waals surface area (Å²) in [5, 5.41) is 23.3. The Morgan fingerprint density at radius 3 is 2.97 bits per heavy atom. The number of aromatic amines is 1. The van der Waals surface area contributed by atoms with Crippen LogP contribution in [-0.2, 0) is 13.0 Å². The number of nitrogens with one attached hydrogen (secondary N) is 2. The number of nitrogens with zero attached hydrogens (tertiary/aromatic N) is 5. The van der Waals surface area contributed by atoms with Crippen LogP contribution in [0.4, 0.5) is 0 Å². The molecule has 194 valence electrons. The third-order valence-electron chi connectivity index (χ3n) is 7.55. The third kappa shape index (κ3) is 4.54. The van der Waals surface area contributed by atoms with Crippen molar-refractivity contribution in [3.8, 4) is 11.3 Å². The summed E-state index contributed by atoms with van der Waals surface area (Å²) in [5.41, 5.74) is 4.97. The molecule has 1 aromatic carbocycles. The molecule has 9 nitrogen and oxygen atoms in total. The zero-order valence-electron chi connectivity index (χ0n) is 21.6. The van der Waals surface area contributed by atoms with Crippen LogP contribution in [-0.4, -0.2) is 52.4 Å². The van der Waals surface area contributed by atoms with Gasteiger partial charge in [-0.1, -0.05) is 6.92 Å². The van der Waals surface area contributed by atoms with Crippen molar-refractivity contribution in [2.45, 2.75) is 64.1 Å². The second-order valence-electron chi connectivity index (χ2n) is 10.3. The van der Waals surface area contributed by atoms with Gasteiger partial charge in [0.15, 0.2) is 0 Å². The average molecular weight is 510 g/mol. The fraction of sp³-hybridized carbons (Fsp3) is 0.345. The maximum atomic E-state index is 13.3. The Bertz CT molecular complexity index is 1640. The number of fused-ring (bicyclic) bond motifs is 2. The summed E-state index contributed by atoms with van der Waals surface area (Å²) in [6.07, 6.45) is 8.89. The zero-order valence-corrected chi connectivity index (χ0v) is 21.6. The van der Waals surface area contributed by atoms with Crippen LogP contribution in [0.15, 0.2) is 55.0 Å². The maximum Gasteiger partial charge on any atom is 0.251 e. The van der Waals surface area contributed by atoms with E-state index in [9.17, 15) is 9.90 Å². The molecule has 0 unspecified atom stereocenters. The Hall–Kier alpha value is -4.11. The molecule has 0 bridgehead atoms. The van der Waals surface area contributed by atoms with Crippen LogP contribution in [0.25, 0.3) is 33.2 Å². The molecule has 0 radical (unpaired) electrons. The van der Waals surface area contributed by atoms with Crippen molar-refractivity contribution in [2.75, 3.05) is 0 Å². The maximum absolute atomic E-state index is 13.3. The molecule has 1 saturated carbocycles. The van der Waals surface area contributed by atoms with E-state index in [-0.39, 0.29) is 11.9 Å². The standard InChI is InChI=1S/C29H31N7O2/c1-3-26-33-24-16-30-11-9-25(24)36(26)17-29(38)10-4-5-21(15-29)32-28(37)20-6-7-23-22(14-20)27(35-34-23)19-8-12-31-18(2)13-19/h6-9,11-14,16,21,38H,3-5,10,15,17H2,1-2H3,(H,32,37)(H,34,35)/t21-,29+/m1/s1. The molecule has 2 atom stereocenters. The fourth-order valence-corrected chi connectivity index (χ4v) is 5.72. The van der Waals surface area contributed by atoms with E-state index in [4.69, 9.17) is 4.98 Å². The SMILES string of the molecule is CCc1nc2cnccc2n1C[C@]1(O)CCC[C@@H](NC(=O)c2ccc3[nH]nc(-c4ccnc(C)c4)c3c2)C1. The average Bonchev–Trinajstić information content (AvgIpc) is 3.49. The number of aryl methyl sites for hydroxylation is 2. The molecule has 1 aliphatic rings. The summed E-state index contributed by atoms with van der Waals surface area (Å²) in [6.45, 7) is 4.45. The van der Waals surface area contributed by atoms with Gasteiger partial charge in [0.2, 0.25) is 0 Å². The van der Waals surface area contributed by atoms with Gasteiger partial charge in [0.25, 0.3) is 5.91 Å². The number of rotatable bonds is 6. The highest BCUT2D eigenvalue weighted by Crippen LogP contribution is 2.32. The van der Waals surface area contributed by atoms with Crippen LogP contribution in [0, 0.1) is 6.92 Å². The molecule has 4 aromatic heterocycles. The minimum atomic E-state index is -0.933. The molecule has 6 rings (SSSR count). The predicted octanol–water partition coefficient (Wildman–Crippen LogP) is 4.34. The number of aromatic nitrogens is 6. The Morgan fingerprint density at radius 2 is 2.13 bits per heavy atom. The molecule has 0 aliphatic heterocycles. The molecular formula is C29H31N7O2. The highest BCUT2D eigenvalue weighted by Gasteiger charge is 2.36. The van der Waals surface area contributed by atoms with Crippen LogP contribution in [0.3, 0.4) is 0 Å². The molecule has 9 heteroatoms. The number of carbonyl (C=O) groups excluding carboxylic acids is 1. The van der Waals surface area contributed by atoms with Crippen molar-refractivity contribution in [2.24, 2.45) is 0 Å². The van der Waals surface area contributed by atoms with Crippen molar-refractivity contribution in [3.05, 3.63) is 72.1 Å². The summed E-state index contributed by atoms with van der Waals surface area (Å²) in [5.74, 6) is 0.786. The lowest BCUT2D eigenvalue weighted by molar-refractivity contribution is -0.0208. The lowest BCUT2D eigenvalue weighted by Crippen LogP contribution is -2.47. The first-order valence-corrected chi connectivity index (χ1v) is 13.2. The number of aliphatic hydroxyl groups is 1. The number of hydrogen-bond acceptors (Lipinski definition) is 6. The van der Waals surface area contributed by atoms with Gasteiger partial charge in [0.05, 0.1) is 29.4 Å². The van der Waals surface area contributed by atoms with Crippen LogP contribution < -0.4 is 5.32 Å². The molecule has 0 saturated heterocycles. The number of pyridine rings is 2. The Kier molecular flexibility index (Phi) is 6.15. The van der Waals surface area contributed by atoms with Crippen LogP contribution >= 0.6 is 0 Å². The van der Waals surface area contributed by atoms with E-state index < -0.39 is 5.60 Å². The molecular weight excluding hydrogens is 478 g/mol. The molecule has 1 fully saturated rings. The number of hydrogen-bond donors (Lipinski definition) is 3. The Balaban J connectivity index is 1.21. The molecule has 4 heterocycles. The van der Waals surface area contributed by atoms with Crippen molar-refractivity contribution in [1.29, 1.82) is 0 Å². The highest BCUT2D eigenvalue weighted by atomic mass is 16.3. The largest absolute Gasteiger partial charge is 0.388 e. The minimum absolute atomic E-state index is 0.120. The van der Waals surface area contributed by atoms with E-state index in [2.05, 4.69) is 37.0 Å². The summed E-state index contributed by atoms with van der Waals surface area (Å²) < 4.78 is 2.11. The number of carbonyl (C=O) groups is 1. The minimum Gasteiger partial charge on any atom is -0.388 e. The lowest BCUT2D eigenvalue weighted by atomic mass is 9.81. The van der Waals surface area contributed by atoms with E-state index in [1.165, 1.54) is 0 Å². The van der Waals surface area contributed by atoms with E-state index >= 15 is 0 Å². The van der Waals surface area contributed by atoms with Crippen molar-refractivity contribution >= 4 is 27.8 Å². The van der Waals surface area contributed by atoms with E-state index in [0.717, 1.165) is 64.0 Å². The van der Waals surface area contributed by atoms with E-state index in [1.54, 1.807) is 18.6 Å². The number of H-pyrrole nitrogens is 1. The zero-order chi connectivity index (χ0) is 26.3. The topological polar surface area (TPSA) is 122 Å². The first-order chi connectivity index (χ1) is 18.4. The predicted molar refractivity (Wildman–Crippen MR) is 146 cm³/mol. The Labute approximate surface area is 220 Å². The van der Waals surface area contributed by atoms with Gasteiger partial charge in [0, 0.05) is 47.1 Å². The van der Waals surface area contributed by atoms with Gasteiger partial charge >= 0.3 is 0 Å². The monoisotopic (exact) mass is 509 g/mol. The summed E-state index contributed by atoms with van der Waals surface area (Å²) in [4.78, 5) is 26.5. The van der Waals surface area contributed by atoms with Crippen LogP contribution in [0.2, 0.25) is 0 Å². The second kappa shape index (κ2) is 9.64. The summed E-state index contributed by atoms with van der Waals surface area (Å²) in [6, 6.07) is 11.3. The summed E-state index contributed by atoms with van der Waals surface area (Å²) in [7, 11) is 0. The van der Waals surface area contributed by atoms with Gasteiger partial charge in [-0.05, 0) is 69.0 Å². The molecule has 0 spiro atoms. The van der Waals surface area contributed by atoms with E-state index in [1.807, 2.05) is 43.3 Å². The number of benzene rings is 1. The molecule has 38 heavy (non-hydrogen) atoms. The number of imidazole rings is 1. The summed E-state index contributed by atoms with van der Waals surface area (Å²) >= 11 is 0. The van der Waals surface area contributed by atoms with Gasteiger partial charge in [-0.3, -0.25) is 19.9 Å². The first kappa shape index (κ1) is 24.2. The molecule has 1 amide bonds. The fourth-order valence-electron chi connectivity index (χ4n) is 5.72. The smallest absolute Gasteiger partial charge is 0.251 e. The number of amides is 1. The van der Waals surface area contributed by atoms with Crippen LogP contribution in [0.1, 0.15) is 54.5 Å². The quantitative estimate of drug-likeness (QED) is 0.313. The molecule has 3 N–H and O–H groups in total. The first-order valence-electron chi connectivity index (χ1n) is 13.2. The highest BCUT2D eigenvalue weighted by molar-refractivity contribution is 6.01. The van der Waals surface area contributed by atoms with E-state index in [0.29, 0.717) is 24.9 Å². The lowest BCUT2D eigenvalue weighted by Gasteiger charge is -2.37. The Morgan fingerprint density at radius 1 is 1.24 bits per heavy atom. The van der Waals surface area contributed by atoms with Gasteiger partial charge < -0.3 is 15.0 Å². The van der Waals surface area contributed by atoms with Gasteiger partial charge in [-0.15, -0.1) is 0 Å². The normalized spacial score (nSPS) is 19.7. The van der Waals surface area contributed by atoms with Gasteiger partial charge in [-0.2, -0.15) is 5.10 Å². The molecule has 1 aliphatic carbocycles. The van der Waals surface area contributed by atoms with Crippen LogP contribution in [0.5, 0.6) is 0 Å². The van der Waals surface area contributed by atoms with Gasteiger partial charge in [0.1, 0.15) is 17.0 Å². The molecule has 5 aromatic rings. The van der Waals surface area contributed by atoms with Crippen molar-refractivity contribution < 1.29 is 9.90 Å². The van der Waals surface area contributed by atoms with Crippen molar-refractivity contribution in [3.63, 3.8) is 0 Å². The van der Waals surface area contributed by atoms with Gasteiger partial charge in [-0.25, -0.2) is 4.98 Å². The second-order valence-corrected chi connectivity index (χ2v) is 10.3. The van der Waals surface area contributed by atoms with Crippen molar-refractivity contribution in [1.82, 2.24) is 35.0 Å².